The van der Waals surface area contributed by atoms with Crippen molar-refractivity contribution in [3.05, 3.63) is 36.5 Å². The van der Waals surface area contributed by atoms with Gasteiger partial charge < -0.3 is 0 Å². The van der Waals surface area contributed by atoms with Crippen molar-refractivity contribution in [3.8, 4) is 0 Å². The van der Waals surface area contributed by atoms with Crippen molar-refractivity contribution >= 4 is 0 Å². The molecule has 0 rings (SSSR count). The highest BCUT2D eigenvalue weighted by Gasteiger charge is 1.78. The molecular formula is C13H22. The van der Waals surface area contributed by atoms with Crippen LogP contribution in [0.3, 0.4) is 0 Å². The molecule has 0 aromatic heterocycles. The van der Waals surface area contributed by atoms with Gasteiger partial charge in [-0.05, 0) is 32.1 Å². The van der Waals surface area contributed by atoms with Gasteiger partial charge in [0.15, 0.2) is 0 Å². The quantitative estimate of drug-likeness (QED) is 0.302. The third-order valence-electron chi connectivity index (χ3n) is 1.76. The van der Waals surface area contributed by atoms with Crippen molar-refractivity contribution < 1.29 is 0 Å². The summed E-state index contributed by atoms with van der Waals surface area (Å²) in [6.45, 7) is 4.33. The summed E-state index contributed by atoms with van der Waals surface area (Å²) >= 11 is 0. The molecule has 0 fully saturated rings. The van der Waals surface area contributed by atoms with Crippen molar-refractivity contribution in [2.45, 2.75) is 46.0 Å². The molecule has 0 saturated heterocycles. The summed E-state index contributed by atoms with van der Waals surface area (Å²) in [5.74, 6) is 0. The van der Waals surface area contributed by atoms with Crippen molar-refractivity contribution in [2.24, 2.45) is 0 Å². The van der Waals surface area contributed by atoms with Crippen LogP contribution in [0.25, 0.3) is 0 Å². The van der Waals surface area contributed by atoms with Crippen LogP contribution >= 0.6 is 0 Å². The SMILES string of the molecule is CCC=CC=CCCCC=CCC. The highest BCUT2D eigenvalue weighted by atomic mass is 13.8. The Morgan fingerprint density at radius 1 is 0.692 bits per heavy atom. The number of rotatable bonds is 7. The van der Waals surface area contributed by atoms with Crippen LogP contribution in [0, 0.1) is 0 Å². The Bertz CT molecular complexity index is 161. The van der Waals surface area contributed by atoms with Gasteiger partial charge in [-0.2, -0.15) is 0 Å². The van der Waals surface area contributed by atoms with Gasteiger partial charge in [0.25, 0.3) is 0 Å². The van der Waals surface area contributed by atoms with E-state index in [0.29, 0.717) is 0 Å². The molecule has 13 heavy (non-hydrogen) atoms. The third kappa shape index (κ3) is 11.2. The second kappa shape index (κ2) is 11.2. The molecule has 0 amide bonds. The molecule has 0 saturated carbocycles. The highest BCUT2D eigenvalue weighted by molar-refractivity contribution is 5.01. The second-order valence-electron chi connectivity index (χ2n) is 3.08. The monoisotopic (exact) mass is 178 g/mol. The molecule has 0 aliphatic heterocycles. The lowest BCUT2D eigenvalue weighted by atomic mass is 10.2. The minimum absolute atomic E-state index is 1.13. The van der Waals surface area contributed by atoms with Crippen LogP contribution in [0.15, 0.2) is 36.5 Å². The zero-order valence-corrected chi connectivity index (χ0v) is 9.00. The summed E-state index contributed by atoms with van der Waals surface area (Å²) in [6.07, 6.45) is 19.2. The first-order valence-electron chi connectivity index (χ1n) is 5.38. The Hall–Kier alpha value is -0.780. The van der Waals surface area contributed by atoms with Gasteiger partial charge in [0, 0.05) is 0 Å². The summed E-state index contributed by atoms with van der Waals surface area (Å²) in [5.41, 5.74) is 0. The minimum Gasteiger partial charge on any atom is -0.0888 e. The van der Waals surface area contributed by atoms with Gasteiger partial charge in [0.1, 0.15) is 0 Å². The van der Waals surface area contributed by atoms with Gasteiger partial charge in [-0.15, -0.1) is 0 Å². The smallest absolute Gasteiger partial charge is 0.0345 e. The summed E-state index contributed by atoms with van der Waals surface area (Å²) in [4.78, 5) is 0. The van der Waals surface area contributed by atoms with Crippen LogP contribution in [-0.2, 0) is 0 Å². The standard InChI is InChI=1S/C13H22/c1-3-5-7-9-11-13-12-10-8-6-4-2/h5-9,11H,3-4,10,12-13H2,1-2H3. The fraction of sp³-hybridized carbons (Fsp3) is 0.538. The first-order chi connectivity index (χ1) is 6.41. The zero-order valence-electron chi connectivity index (χ0n) is 9.00. The lowest BCUT2D eigenvalue weighted by Gasteiger charge is -1.88. The first-order valence-corrected chi connectivity index (χ1v) is 5.38. The van der Waals surface area contributed by atoms with Crippen LogP contribution in [0.5, 0.6) is 0 Å². The van der Waals surface area contributed by atoms with Crippen LogP contribution in [-0.4, -0.2) is 0 Å². The summed E-state index contributed by atoms with van der Waals surface area (Å²) in [7, 11) is 0. The Kier molecular flexibility index (Phi) is 10.5. The fourth-order valence-corrected chi connectivity index (χ4v) is 1.03. The van der Waals surface area contributed by atoms with Crippen molar-refractivity contribution in [2.75, 3.05) is 0 Å². The van der Waals surface area contributed by atoms with E-state index in [4.69, 9.17) is 0 Å². The van der Waals surface area contributed by atoms with Crippen LogP contribution in [0.4, 0.5) is 0 Å². The Balaban J connectivity index is 3.20. The molecule has 0 nitrogen and oxygen atoms in total. The molecule has 0 heterocycles. The summed E-state index contributed by atoms with van der Waals surface area (Å²) in [6, 6.07) is 0. The van der Waals surface area contributed by atoms with E-state index in [2.05, 4.69) is 50.3 Å². The Morgan fingerprint density at radius 2 is 1.31 bits per heavy atom. The van der Waals surface area contributed by atoms with E-state index >= 15 is 0 Å². The van der Waals surface area contributed by atoms with E-state index in [1.807, 2.05) is 0 Å². The zero-order chi connectivity index (χ0) is 9.78. The van der Waals surface area contributed by atoms with E-state index in [1.54, 1.807) is 0 Å². The molecule has 0 aromatic rings. The maximum absolute atomic E-state index is 2.27. The predicted octanol–water partition coefficient (Wildman–Crippen LogP) is 4.65. The molecule has 0 bridgehead atoms. The molecule has 0 radical (unpaired) electrons. The number of hydrogen-bond acceptors (Lipinski definition) is 0. The molecule has 0 heteroatoms. The predicted molar refractivity (Wildman–Crippen MR) is 61.9 cm³/mol. The Labute approximate surface area is 83.0 Å². The van der Waals surface area contributed by atoms with Gasteiger partial charge in [0.05, 0.1) is 0 Å². The van der Waals surface area contributed by atoms with E-state index in [1.165, 1.54) is 19.3 Å². The van der Waals surface area contributed by atoms with Crippen molar-refractivity contribution in [1.82, 2.24) is 0 Å². The highest BCUT2D eigenvalue weighted by Crippen LogP contribution is 1.98. The van der Waals surface area contributed by atoms with Gasteiger partial charge in [-0.1, -0.05) is 50.3 Å². The number of unbranched alkanes of at least 4 members (excludes halogenated alkanes) is 2. The largest absolute Gasteiger partial charge is 0.0888 e. The maximum Gasteiger partial charge on any atom is -0.0345 e. The minimum atomic E-state index is 1.13. The maximum atomic E-state index is 2.27. The summed E-state index contributed by atoms with van der Waals surface area (Å²) < 4.78 is 0. The van der Waals surface area contributed by atoms with E-state index in [0.717, 1.165) is 12.8 Å². The van der Waals surface area contributed by atoms with Crippen molar-refractivity contribution in [1.29, 1.82) is 0 Å². The molecule has 0 atom stereocenters. The number of hydrogen-bond donors (Lipinski definition) is 0. The molecule has 0 aliphatic rings. The van der Waals surface area contributed by atoms with Gasteiger partial charge in [0.2, 0.25) is 0 Å². The molecule has 0 aliphatic carbocycles. The third-order valence-corrected chi connectivity index (χ3v) is 1.76. The van der Waals surface area contributed by atoms with E-state index in [9.17, 15) is 0 Å². The second-order valence-corrected chi connectivity index (χ2v) is 3.08. The van der Waals surface area contributed by atoms with Crippen LogP contribution in [0.2, 0.25) is 0 Å². The normalized spacial score (nSPS) is 12.5. The van der Waals surface area contributed by atoms with Crippen molar-refractivity contribution in [3.63, 3.8) is 0 Å². The van der Waals surface area contributed by atoms with Gasteiger partial charge in [-0.25, -0.2) is 0 Å². The van der Waals surface area contributed by atoms with Crippen LogP contribution < -0.4 is 0 Å². The molecule has 0 aromatic carbocycles. The van der Waals surface area contributed by atoms with Gasteiger partial charge in [-0.3, -0.25) is 0 Å². The first kappa shape index (κ1) is 12.2. The Morgan fingerprint density at radius 3 is 2.00 bits per heavy atom. The van der Waals surface area contributed by atoms with E-state index < -0.39 is 0 Å². The number of allylic oxidation sites excluding steroid dienone is 6. The fourth-order valence-electron chi connectivity index (χ4n) is 1.03. The topological polar surface area (TPSA) is 0 Å². The average molecular weight is 178 g/mol. The summed E-state index contributed by atoms with van der Waals surface area (Å²) in [5, 5.41) is 0. The molecule has 0 unspecified atom stereocenters. The average Bonchev–Trinajstić information content (AvgIpc) is 2.16. The molecule has 0 N–H and O–H groups in total. The van der Waals surface area contributed by atoms with Crippen LogP contribution in [0.1, 0.15) is 46.0 Å². The lowest BCUT2D eigenvalue weighted by molar-refractivity contribution is 0.865. The molecular weight excluding hydrogens is 156 g/mol. The lowest BCUT2D eigenvalue weighted by Crippen LogP contribution is -1.68. The van der Waals surface area contributed by atoms with Gasteiger partial charge >= 0.3 is 0 Å². The van der Waals surface area contributed by atoms with E-state index in [-0.39, 0.29) is 0 Å². The molecule has 74 valence electrons. The molecule has 0 spiro atoms.